The van der Waals surface area contributed by atoms with Gasteiger partial charge in [-0.05, 0) is 24.8 Å². The molecule has 1 aliphatic heterocycles. The zero-order valence-corrected chi connectivity index (χ0v) is 12.0. The van der Waals surface area contributed by atoms with E-state index in [0.717, 1.165) is 17.5 Å². The highest BCUT2D eigenvalue weighted by atomic mass is 32.2. The van der Waals surface area contributed by atoms with Gasteiger partial charge in [0.05, 0.1) is 5.75 Å². The van der Waals surface area contributed by atoms with Crippen LogP contribution in [-0.2, 0) is 15.4 Å². The number of sulfonamides is 1. The van der Waals surface area contributed by atoms with Crippen molar-refractivity contribution < 1.29 is 13.2 Å². The number of carbonyl (C=O) groups is 1. The number of fused-ring (bicyclic) bond motifs is 1. The number of piperidine rings is 1. The second kappa shape index (κ2) is 3.52. The fourth-order valence-corrected chi connectivity index (χ4v) is 5.00. The molecule has 1 saturated heterocycles. The first kappa shape index (κ1) is 12.1. The Balaban J connectivity index is 1.92. The van der Waals surface area contributed by atoms with Crippen LogP contribution >= 0.6 is 0 Å². The number of hydrogen-bond acceptors (Lipinski definition) is 3. The molecule has 0 amide bonds. The van der Waals surface area contributed by atoms with Crippen molar-refractivity contribution in [2.45, 2.75) is 18.8 Å². The number of carbonyl (C=O) groups excluding carboxylic acids is 1. The Morgan fingerprint density at radius 2 is 2.10 bits per heavy atom. The molecule has 5 heteroatoms. The molecule has 0 radical (unpaired) electrons. The molecule has 4 rings (SSSR count). The van der Waals surface area contributed by atoms with E-state index in [9.17, 15) is 13.2 Å². The van der Waals surface area contributed by atoms with Crippen LogP contribution in [0.25, 0.3) is 0 Å². The van der Waals surface area contributed by atoms with Gasteiger partial charge in [0.2, 0.25) is 10.0 Å². The van der Waals surface area contributed by atoms with Crippen molar-refractivity contribution in [1.29, 1.82) is 0 Å². The number of benzene rings is 1. The molecule has 1 aromatic rings. The van der Waals surface area contributed by atoms with Crippen molar-refractivity contribution in [3.05, 3.63) is 47.2 Å². The minimum atomic E-state index is -3.29. The molecule has 1 unspecified atom stereocenters. The Morgan fingerprint density at radius 3 is 2.85 bits per heavy atom. The van der Waals surface area contributed by atoms with Crippen LogP contribution in [0.2, 0.25) is 0 Å². The molecule has 1 aromatic carbocycles. The summed E-state index contributed by atoms with van der Waals surface area (Å²) in [6.45, 7) is 2.16. The smallest absolute Gasteiger partial charge is 0.234 e. The van der Waals surface area contributed by atoms with Crippen molar-refractivity contribution in [3.63, 3.8) is 0 Å². The van der Waals surface area contributed by atoms with Crippen molar-refractivity contribution in [3.8, 4) is 0 Å². The summed E-state index contributed by atoms with van der Waals surface area (Å²) in [5, 5.41) is 0. The minimum Gasteiger partial charge on any atom is -0.289 e. The first-order valence-electron chi connectivity index (χ1n) is 6.87. The van der Waals surface area contributed by atoms with Gasteiger partial charge in [-0.1, -0.05) is 24.3 Å². The van der Waals surface area contributed by atoms with Crippen LogP contribution < -0.4 is 0 Å². The van der Waals surface area contributed by atoms with Crippen LogP contribution in [0.3, 0.4) is 0 Å². The van der Waals surface area contributed by atoms with Crippen molar-refractivity contribution in [2.75, 3.05) is 12.3 Å². The van der Waals surface area contributed by atoms with E-state index >= 15 is 0 Å². The van der Waals surface area contributed by atoms with Gasteiger partial charge >= 0.3 is 0 Å². The van der Waals surface area contributed by atoms with Gasteiger partial charge < -0.3 is 0 Å². The lowest BCUT2D eigenvalue weighted by atomic mass is 9.82. The molecule has 4 nitrogen and oxygen atoms in total. The lowest BCUT2D eigenvalue weighted by Crippen LogP contribution is -2.34. The molecule has 0 bridgehead atoms. The molecule has 3 aliphatic rings. The maximum atomic E-state index is 12.3. The van der Waals surface area contributed by atoms with Gasteiger partial charge in [0, 0.05) is 29.3 Å². The first-order chi connectivity index (χ1) is 9.50. The average molecular weight is 289 g/mol. The van der Waals surface area contributed by atoms with Crippen molar-refractivity contribution >= 4 is 15.8 Å². The van der Waals surface area contributed by atoms with Crippen molar-refractivity contribution in [2.24, 2.45) is 5.92 Å². The summed E-state index contributed by atoms with van der Waals surface area (Å²) in [5.74, 6) is 0.317. The van der Waals surface area contributed by atoms with E-state index in [0.29, 0.717) is 18.2 Å². The second-order valence-corrected chi connectivity index (χ2v) is 7.93. The SMILES string of the molecule is CCS(=O)(=O)N1CC2C[C@@]23C1=CC(=O)c1ccccc13. The quantitative estimate of drug-likeness (QED) is 0.832. The van der Waals surface area contributed by atoms with Gasteiger partial charge in [-0.3, -0.25) is 9.10 Å². The third kappa shape index (κ3) is 1.26. The highest BCUT2D eigenvalue weighted by Crippen LogP contribution is 2.67. The van der Waals surface area contributed by atoms with Crippen LogP contribution in [0.15, 0.2) is 36.0 Å². The fourth-order valence-electron chi connectivity index (χ4n) is 3.76. The summed E-state index contributed by atoms with van der Waals surface area (Å²) in [6, 6.07) is 7.60. The highest BCUT2D eigenvalue weighted by molar-refractivity contribution is 7.89. The standard InChI is InChI=1S/C15H15NO3S/c1-2-20(18,19)16-9-10-8-15(10)12-6-4-3-5-11(12)13(17)7-14(15)16/h3-7,10H,2,8-9H2,1H3/t10?,15-/m1/s1. The Hall–Kier alpha value is -1.62. The Morgan fingerprint density at radius 1 is 1.35 bits per heavy atom. The molecule has 2 aliphatic carbocycles. The average Bonchev–Trinajstić information content (AvgIpc) is 3.08. The van der Waals surface area contributed by atoms with Gasteiger partial charge in [0.15, 0.2) is 5.78 Å². The summed E-state index contributed by atoms with van der Waals surface area (Å²) in [6.07, 6.45) is 2.50. The summed E-state index contributed by atoms with van der Waals surface area (Å²) in [4.78, 5) is 12.3. The molecule has 1 saturated carbocycles. The summed E-state index contributed by atoms with van der Waals surface area (Å²) in [5.41, 5.74) is 2.23. The summed E-state index contributed by atoms with van der Waals surface area (Å²) >= 11 is 0. The number of allylic oxidation sites excluding steroid dienone is 2. The van der Waals surface area contributed by atoms with E-state index in [1.165, 1.54) is 4.31 Å². The van der Waals surface area contributed by atoms with E-state index < -0.39 is 10.0 Å². The molecule has 1 spiro atoms. The summed E-state index contributed by atoms with van der Waals surface area (Å²) < 4.78 is 25.9. The van der Waals surface area contributed by atoms with Crippen LogP contribution in [0, 0.1) is 5.92 Å². The monoisotopic (exact) mass is 289 g/mol. The zero-order chi connectivity index (χ0) is 14.1. The molecule has 2 fully saturated rings. The molecule has 1 heterocycles. The predicted molar refractivity (Wildman–Crippen MR) is 74.8 cm³/mol. The Kier molecular flexibility index (Phi) is 2.14. The second-order valence-electron chi connectivity index (χ2n) is 5.74. The minimum absolute atomic E-state index is 0.0724. The van der Waals surface area contributed by atoms with E-state index in [1.54, 1.807) is 13.0 Å². The third-order valence-electron chi connectivity index (χ3n) is 4.86. The zero-order valence-electron chi connectivity index (χ0n) is 11.2. The lowest BCUT2D eigenvalue weighted by molar-refractivity contribution is 0.104. The largest absolute Gasteiger partial charge is 0.289 e. The molecular formula is C15H15NO3S. The van der Waals surface area contributed by atoms with Crippen LogP contribution in [-0.4, -0.2) is 30.8 Å². The number of ketones is 1. The Bertz CT molecular complexity index is 765. The number of hydrogen-bond donors (Lipinski definition) is 0. The normalized spacial score (nSPS) is 30.4. The van der Waals surface area contributed by atoms with Gasteiger partial charge in [-0.15, -0.1) is 0 Å². The van der Waals surface area contributed by atoms with E-state index in [-0.39, 0.29) is 17.0 Å². The van der Waals surface area contributed by atoms with Crippen LogP contribution in [0.4, 0.5) is 0 Å². The maximum absolute atomic E-state index is 12.3. The Labute approximate surface area is 118 Å². The van der Waals surface area contributed by atoms with Gasteiger partial charge in [-0.2, -0.15) is 0 Å². The molecular weight excluding hydrogens is 274 g/mol. The molecule has 2 atom stereocenters. The first-order valence-corrected chi connectivity index (χ1v) is 8.48. The van der Waals surface area contributed by atoms with Gasteiger partial charge in [0.25, 0.3) is 0 Å². The fraction of sp³-hybridized carbons (Fsp3) is 0.400. The van der Waals surface area contributed by atoms with E-state index in [4.69, 9.17) is 0 Å². The third-order valence-corrected chi connectivity index (χ3v) is 6.61. The topological polar surface area (TPSA) is 54.5 Å². The van der Waals surface area contributed by atoms with Crippen molar-refractivity contribution in [1.82, 2.24) is 4.31 Å². The van der Waals surface area contributed by atoms with E-state index in [1.807, 2.05) is 24.3 Å². The maximum Gasteiger partial charge on any atom is 0.234 e. The lowest BCUT2D eigenvalue weighted by Gasteiger charge is -2.29. The summed E-state index contributed by atoms with van der Waals surface area (Å²) in [7, 11) is -3.29. The predicted octanol–water partition coefficient (Wildman–Crippen LogP) is 1.69. The molecule has 104 valence electrons. The molecule has 0 N–H and O–H groups in total. The molecule has 20 heavy (non-hydrogen) atoms. The van der Waals surface area contributed by atoms with E-state index in [2.05, 4.69) is 0 Å². The van der Waals surface area contributed by atoms with Crippen LogP contribution in [0.1, 0.15) is 29.3 Å². The number of nitrogens with zero attached hydrogens (tertiary/aromatic N) is 1. The van der Waals surface area contributed by atoms with Crippen LogP contribution in [0.5, 0.6) is 0 Å². The van der Waals surface area contributed by atoms with Gasteiger partial charge in [-0.25, -0.2) is 8.42 Å². The molecule has 0 aromatic heterocycles. The van der Waals surface area contributed by atoms with Gasteiger partial charge in [0.1, 0.15) is 0 Å². The number of rotatable bonds is 2. The highest BCUT2D eigenvalue weighted by Gasteiger charge is 2.67.